The van der Waals surface area contributed by atoms with Crippen molar-refractivity contribution in [1.29, 1.82) is 0 Å². The molecular weight excluding hydrogens is 337 g/mol. The predicted octanol–water partition coefficient (Wildman–Crippen LogP) is 4.20. The van der Waals surface area contributed by atoms with Crippen LogP contribution in [0.4, 0.5) is 10.1 Å². The van der Waals surface area contributed by atoms with Gasteiger partial charge < -0.3 is 10.4 Å². The standard InChI is InChI=1S/C13H8BrClFNO2/c14-12-9(15)2-1-3-10(12)17-13(19)8-5-4-7(16)6-11(8)18/h1-6,18H,(H,17,19). The zero-order valence-corrected chi connectivity index (χ0v) is 11.8. The van der Waals surface area contributed by atoms with Gasteiger partial charge in [0.15, 0.2) is 0 Å². The third-order valence-corrected chi connectivity index (χ3v) is 3.80. The number of nitrogens with one attached hydrogen (secondary N) is 1. The number of phenols is 1. The number of aromatic hydroxyl groups is 1. The van der Waals surface area contributed by atoms with E-state index in [1.54, 1.807) is 18.2 Å². The summed E-state index contributed by atoms with van der Waals surface area (Å²) in [6.45, 7) is 0. The Balaban J connectivity index is 2.28. The number of carbonyl (C=O) groups is 1. The minimum absolute atomic E-state index is 0.0201. The lowest BCUT2D eigenvalue weighted by Gasteiger charge is -2.09. The monoisotopic (exact) mass is 343 g/mol. The van der Waals surface area contributed by atoms with E-state index in [0.717, 1.165) is 12.1 Å². The van der Waals surface area contributed by atoms with Gasteiger partial charge in [-0.15, -0.1) is 0 Å². The van der Waals surface area contributed by atoms with Crippen molar-refractivity contribution in [2.24, 2.45) is 0 Å². The van der Waals surface area contributed by atoms with Crippen molar-refractivity contribution in [3.05, 3.63) is 57.3 Å². The number of hydrogen-bond acceptors (Lipinski definition) is 2. The second kappa shape index (κ2) is 5.59. The Morgan fingerprint density at radius 3 is 2.74 bits per heavy atom. The number of rotatable bonds is 2. The van der Waals surface area contributed by atoms with Crippen molar-refractivity contribution in [2.75, 3.05) is 5.32 Å². The molecule has 2 aromatic carbocycles. The van der Waals surface area contributed by atoms with E-state index in [9.17, 15) is 14.3 Å². The summed E-state index contributed by atoms with van der Waals surface area (Å²) in [5.74, 6) is -1.59. The zero-order chi connectivity index (χ0) is 14.0. The first kappa shape index (κ1) is 13.8. The van der Waals surface area contributed by atoms with Crippen LogP contribution in [0.15, 0.2) is 40.9 Å². The van der Waals surface area contributed by atoms with E-state index in [1.807, 2.05) is 0 Å². The summed E-state index contributed by atoms with van der Waals surface area (Å²) < 4.78 is 13.4. The molecule has 0 aromatic heterocycles. The first-order valence-corrected chi connectivity index (χ1v) is 6.40. The average molecular weight is 345 g/mol. The van der Waals surface area contributed by atoms with Crippen LogP contribution in [0.2, 0.25) is 5.02 Å². The molecule has 2 rings (SSSR count). The Labute approximate surface area is 122 Å². The molecule has 0 saturated carbocycles. The van der Waals surface area contributed by atoms with Gasteiger partial charge in [0.25, 0.3) is 5.91 Å². The first-order chi connectivity index (χ1) is 8.99. The third-order valence-electron chi connectivity index (χ3n) is 2.40. The van der Waals surface area contributed by atoms with E-state index in [2.05, 4.69) is 21.2 Å². The Kier molecular flexibility index (Phi) is 4.07. The molecule has 0 heterocycles. The van der Waals surface area contributed by atoms with Gasteiger partial charge in [0.05, 0.1) is 20.7 Å². The van der Waals surface area contributed by atoms with E-state index >= 15 is 0 Å². The topological polar surface area (TPSA) is 49.3 Å². The molecule has 0 radical (unpaired) electrons. The van der Waals surface area contributed by atoms with Crippen LogP contribution < -0.4 is 5.32 Å². The molecule has 19 heavy (non-hydrogen) atoms. The van der Waals surface area contributed by atoms with Crippen LogP contribution in [0.25, 0.3) is 0 Å². The number of anilines is 1. The van der Waals surface area contributed by atoms with Gasteiger partial charge >= 0.3 is 0 Å². The van der Waals surface area contributed by atoms with Crippen LogP contribution in [-0.4, -0.2) is 11.0 Å². The number of halogens is 3. The van der Waals surface area contributed by atoms with Crippen molar-refractivity contribution < 1.29 is 14.3 Å². The molecule has 0 aliphatic carbocycles. The van der Waals surface area contributed by atoms with Gasteiger partial charge in [-0.3, -0.25) is 4.79 Å². The van der Waals surface area contributed by atoms with Crippen LogP contribution in [0.5, 0.6) is 5.75 Å². The molecule has 0 aliphatic heterocycles. The van der Waals surface area contributed by atoms with Crippen molar-refractivity contribution >= 4 is 39.1 Å². The number of benzene rings is 2. The van der Waals surface area contributed by atoms with Gasteiger partial charge in [-0.1, -0.05) is 17.7 Å². The van der Waals surface area contributed by atoms with E-state index in [4.69, 9.17) is 11.6 Å². The number of hydrogen-bond donors (Lipinski definition) is 2. The summed E-state index contributed by atoms with van der Waals surface area (Å²) in [6.07, 6.45) is 0. The molecule has 0 bridgehead atoms. The molecule has 2 N–H and O–H groups in total. The van der Waals surface area contributed by atoms with Crippen molar-refractivity contribution in [2.45, 2.75) is 0 Å². The molecule has 1 amide bonds. The lowest BCUT2D eigenvalue weighted by Crippen LogP contribution is -2.12. The Morgan fingerprint density at radius 2 is 2.05 bits per heavy atom. The van der Waals surface area contributed by atoms with Crippen LogP contribution in [0, 0.1) is 5.82 Å². The molecule has 0 spiro atoms. The van der Waals surface area contributed by atoms with Gasteiger partial charge in [-0.05, 0) is 40.2 Å². The Bertz CT molecular complexity index is 649. The Hall–Kier alpha value is -1.59. The highest BCUT2D eigenvalue weighted by Crippen LogP contribution is 2.30. The minimum atomic E-state index is -0.613. The van der Waals surface area contributed by atoms with E-state index in [1.165, 1.54) is 6.07 Å². The molecule has 0 saturated heterocycles. The summed E-state index contributed by atoms with van der Waals surface area (Å²) in [6, 6.07) is 8.17. The molecular formula is C13H8BrClFNO2. The van der Waals surface area contributed by atoms with E-state index in [-0.39, 0.29) is 5.56 Å². The molecule has 0 aliphatic rings. The van der Waals surface area contributed by atoms with Crippen LogP contribution in [0.3, 0.4) is 0 Å². The van der Waals surface area contributed by atoms with Crippen molar-refractivity contribution in [1.82, 2.24) is 0 Å². The molecule has 98 valence electrons. The largest absolute Gasteiger partial charge is 0.507 e. The fraction of sp³-hybridized carbons (Fsp3) is 0. The summed E-state index contributed by atoms with van der Waals surface area (Å²) in [5.41, 5.74) is 0.439. The second-order valence-corrected chi connectivity index (χ2v) is 4.92. The highest BCUT2D eigenvalue weighted by Gasteiger charge is 2.14. The first-order valence-electron chi connectivity index (χ1n) is 5.23. The summed E-state index contributed by atoms with van der Waals surface area (Å²) >= 11 is 9.14. The maximum Gasteiger partial charge on any atom is 0.259 e. The SMILES string of the molecule is O=C(Nc1cccc(Cl)c1Br)c1ccc(F)cc1O. The van der Waals surface area contributed by atoms with Gasteiger partial charge in [0.2, 0.25) is 0 Å². The average Bonchev–Trinajstić information content (AvgIpc) is 2.34. The zero-order valence-electron chi connectivity index (χ0n) is 9.45. The van der Waals surface area contributed by atoms with E-state index in [0.29, 0.717) is 15.2 Å². The lowest BCUT2D eigenvalue weighted by atomic mass is 10.2. The Morgan fingerprint density at radius 1 is 1.32 bits per heavy atom. The fourth-order valence-electron chi connectivity index (χ4n) is 1.49. The number of amides is 1. The van der Waals surface area contributed by atoms with Crippen molar-refractivity contribution in [3.8, 4) is 5.75 Å². The van der Waals surface area contributed by atoms with Gasteiger partial charge in [-0.2, -0.15) is 0 Å². The van der Waals surface area contributed by atoms with Crippen molar-refractivity contribution in [3.63, 3.8) is 0 Å². The van der Waals surface area contributed by atoms with Gasteiger partial charge in [0, 0.05) is 6.07 Å². The quantitative estimate of drug-likeness (QED) is 0.858. The predicted molar refractivity (Wildman–Crippen MR) is 75.2 cm³/mol. The van der Waals surface area contributed by atoms with E-state index < -0.39 is 17.5 Å². The van der Waals surface area contributed by atoms with Crippen LogP contribution in [-0.2, 0) is 0 Å². The van der Waals surface area contributed by atoms with Gasteiger partial charge in [-0.25, -0.2) is 4.39 Å². The highest BCUT2D eigenvalue weighted by atomic mass is 79.9. The van der Waals surface area contributed by atoms with Crippen LogP contribution in [0.1, 0.15) is 10.4 Å². The molecule has 6 heteroatoms. The maximum atomic E-state index is 12.8. The summed E-state index contributed by atoms with van der Waals surface area (Å²) in [4.78, 5) is 12.0. The summed E-state index contributed by atoms with van der Waals surface area (Å²) in [5, 5.41) is 12.5. The normalized spacial score (nSPS) is 10.3. The van der Waals surface area contributed by atoms with Crippen LogP contribution >= 0.6 is 27.5 Å². The summed E-state index contributed by atoms with van der Waals surface area (Å²) in [7, 11) is 0. The smallest absolute Gasteiger partial charge is 0.259 e. The maximum absolute atomic E-state index is 12.8. The molecule has 0 unspecified atom stereocenters. The number of carbonyl (C=O) groups excluding carboxylic acids is 1. The second-order valence-electron chi connectivity index (χ2n) is 3.72. The lowest BCUT2D eigenvalue weighted by molar-refractivity contribution is 0.102. The molecule has 2 aromatic rings. The third kappa shape index (κ3) is 3.05. The molecule has 3 nitrogen and oxygen atoms in total. The fourth-order valence-corrected chi connectivity index (χ4v) is 2.02. The van der Waals surface area contributed by atoms with Gasteiger partial charge in [0.1, 0.15) is 11.6 Å². The molecule has 0 atom stereocenters. The highest BCUT2D eigenvalue weighted by molar-refractivity contribution is 9.10. The molecule has 0 fully saturated rings. The number of phenolic OH excluding ortho intramolecular Hbond substituents is 1. The minimum Gasteiger partial charge on any atom is -0.507 e.